The molecular weight excluding hydrogens is 286 g/mol. The Labute approximate surface area is 120 Å². The van der Waals surface area contributed by atoms with Crippen LogP contribution in [-0.4, -0.2) is 48.8 Å². The van der Waals surface area contributed by atoms with E-state index in [0.29, 0.717) is 32.1 Å². The van der Waals surface area contributed by atoms with Gasteiger partial charge in [0, 0.05) is 13.1 Å². The first kappa shape index (κ1) is 14.8. The van der Waals surface area contributed by atoms with Crippen molar-refractivity contribution in [1.82, 2.24) is 9.97 Å². The molecule has 7 nitrogen and oxygen atoms in total. The minimum atomic E-state index is -0.456. The maximum absolute atomic E-state index is 11.8. The summed E-state index contributed by atoms with van der Waals surface area (Å²) in [5.74, 6) is 0.197. The zero-order valence-electron chi connectivity index (χ0n) is 11.1. The van der Waals surface area contributed by atoms with E-state index in [1.165, 1.54) is 0 Å². The average Bonchev–Trinajstić information content (AvgIpc) is 2.44. The molecule has 0 aliphatic carbocycles. The maximum atomic E-state index is 11.8. The molecule has 0 aromatic carbocycles. The van der Waals surface area contributed by atoms with Crippen molar-refractivity contribution in [1.29, 1.82) is 0 Å². The molecule has 0 amide bonds. The first-order valence-electron chi connectivity index (χ1n) is 6.38. The van der Waals surface area contributed by atoms with Crippen molar-refractivity contribution in [2.24, 2.45) is 0 Å². The Hall–Kier alpha value is -1.60. The lowest BCUT2D eigenvalue weighted by Gasteiger charge is -2.28. The number of nitrogens with one attached hydrogen (secondary N) is 1. The van der Waals surface area contributed by atoms with Crippen LogP contribution in [0, 0.1) is 0 Å². The van der Waals surface area contributed by atoms with Gasteiger partial charge in [-0.05, 0) is 6.92 Å². The summed E-state index contributed by atoms with van der Waals surface area (Å²) in [6, 6.07) is 0. The Morgan fingerprint density at radius 1 is 1.50 bits per heavy atom. The Kier molecular flexibility index (Phi) is 4.97. The summed E-state index contributed by atoms with van der Waals surface area (Å²) in [4.78, 5) is 31.9. The minimum absolute atomic E-state index is 0.0273. The molecule has 110 valence electrons. The van der Waals surface area contributed by atoms with E-state index in [4.69, 9.17) is 21.1 Å². The van der Waals surface area contributed by atoms with Gasteiger partial charge in [0.1, 0.15) is 17.3 Å². The van der Waals surface area contributed by atoms with E-state index in [2.05, 4.69) is 9.97 Å². The van der Waals surface area contributed by atoms with E-state index >= 15 is 0 Å². The second-order valence-corrected chi connectivity index (χ2v) is 4.61. The molecular formula is C12H16ClN3O4. The van der Waals surface area contributed by atoms with E-state index < -0.39 is 11.5 Å². The van der Waals surface area contributed by atoms with Gasteiger partial charge < -0.3 is 19.4 Å². The maximum Gasteiger partial charge on any atom is 0.313 e. The normalized spacial score (nSPS) is 15.2. The summed E-state index contributed by atoms with van der Waals surface area (Å²) in [5.41, 5.74) is -0.456. The lowest BCUT2D eigenvalue weighted by atomic mass is 10.3. The predicted molar refractivity (Wildman–Crippen MR) is 73.2 cm³/mol. The molecule has 1 saturated heterocycles. The van der Waals surface area contributed by atoms with Crippen LogP contribution in [0.5, 0.6) is 0 Å². The Balaban J connectivity index is 2.24. The number of rotatable bonds is 4. The van der Waals surface area contributed by atoms with Gasteiger partial charge in [-0.1, -0.05) is 11.6 Å². The molecule has 0 spiro atoms. The summed E-state index contributed by atoms with van der Waals surface area (Å²) < 4.78 is 10.1. The molecule has 0 bridgehead atoms. The molecule has 1 aromatic rings. The third-order valence-electron chi connectivity index (χ3n) is 2.82. The zero-order valence-corrected chi connectivity index (χ0v) is 11.9. The number of anilines is 1. The van der Waals surface area contributed by atoms with Gasteiger partial charge in [0.15, 0.2) is 5.82 Å². The monoisotopic (exact) mass is 301 g/mol. The number of aromatic nitrogens is 2. The van der Waals surface area contributed by atoms with Gasteiger partial charge in [-0.2, -0.15) is 0 Å². The Bertz CT molecular complexity index is 540. The standard InChI is InChI=1S/C12H16ClN3O4/c1-2-20-9(17)7-8-14-11(10(13)12(18)15-8)16-3-5-19-6-4-16/h2-7H2,1H3,(H,14,15,18). The van der Waals surface area contributed by atoms with Crippen LogP contribution in [0.1, 0.15) is 12.7 Å². The molecule has 0 saturated carbocycles. The average molecular weight is 302 g/mol. The molecule has 0 atom stereocenters. The zero-order chi connectivity index (χ0) is 14.5. The van der Waals surface area contributed by atoms with Crippen LogP contribution < -0.4 is 10.5 Å². The van der Waals surface area contributed by atoms with Crippen LogP contribution in [0.4, 0.5) is 5.82 Å². The van der Waals surface area contributed by atoms with Crippen molar-refractivity contribution in [2.75, 3.05) is 37.8 Å². The highest BCUT2D eigenvalue weighted by atomic mass is 35.5. The summed E-state index contributed by atoms with van der Waals surface area (Å²) in [6.45, 7) is 4.32. The smallest absolute Gasteiger partial charge is 0.313 e. The minimum Gasteiger partial charge on any atom is -0.466 e. The van der Waals surface area contributed by atoms with Gasteiger partial charge in [0.25, 0.3) is 5.56 Å². The molecule has 1 N–H and O–H groups in total. The summed E-state index contributed by atoms with van der Waals surface area (Å²) in [6.07, 6.45) is -0.0857. The number of carbonyl (C=O) groups excluding carboxylic acids is 1. The number of morpholine rings is 1. The van der Waals surface area contributed by atoms with Gasteiger partial charge in [-0.25, -0.2) is 4.98 Å². The van der Waals surface area contributed by atoms with E-state index in [9.17, 15) is 9.59 Å². The number of nitrogens with zero attached hydrogens (tertiary/aromatic N) is 2. The molecule has 1 fully saturated rings. The lowest BCUT2D eigenvalue weighted by molar-refractivity contribution is -0.142. The topological polar surface area (TPSA) is 84.5 Å². The van der Waals surface area contributed by atoms with E-state index in [0.717, 1.165) is 0 Å². The van der Waals surface area contributed by atoms with Crippen LogP contribution in [0.25, 0.3) is 0 Å². The third kappa shape index (κ3) is 3.49. The number of aromatic amines is 1. The molecule has 1 aliphatic heterocycles. The summed E-state index contributed by atoms with van der Waals surface area (Å²) in [7, 11) is 0. The fourth-order valence-electron chi connectivity index (χ4n) is 1.91. The highest BCUT2D eigenvalue weighted by Gasteiger charge is 2.19. The van der Waals surface area contributed by atoms with Crippen LogP contribution in [0.3, 0.4) is 0 Å². The highest BCUT2D eigenvalue weighted by molar-refractivity contribution is 6.32. The fraction of sp³-hybridized carbons (Fsp3) is 0.583. The molecule has 2 heterocycles. The van der Waals surface area contributed by atoms with Crippen molar-refractivity contribution in [3.8, 4) is 0 Å². The van der Waals surface area contributed by atoms with Gasteiger partial charge in [0.05, 0.1) is 19.8 Å². The molecule has 2 rings (SSSR count). The SMILES string of the molecule is CCOC(=O)Cc1nc(N2CCOCC2)c(Cl)c(=O)[nH]1. The molecule has 1 aromatic heterocycles. The molecule has 8 heteroatoms. The van der Waals surface area contributed by atoms with Crippen molar-refractivity contribution in [2.45, 2.75) is 13.3 Å². The van der Waals surface area contributed by atoms with Crippen LogP contribution in [0.15, 0.2) is 4.79 Å². The number of esters is 1. The van der Waals surface area contributed by atoms with Gasteiger partial charge in [-0.15, -0.1) is 0 Å². The lowest BCUT2D eigenvalue weighted by Crippen LogP contribution is -2.38. The van der Waals surface area contributed by atoms with Crippen molar-refractivity contribution >= 4 is 23.4 Å². The predicted octanol–water partition coefficient (Wildman–Crippen LogP) is 0.365. The van der Waals surface area contributed by atoms with Crippen LogP contribution >= 0.6 is 11.6 Å². The second kappa shape index (κ2) is 6.71. The summed E-state index contributed by atoms with van der Waals surface area (Å²) >= 11 is 5.99. The molecule has 1 aliphatic rings. The van der Waals surface area contributed by atoms with Gasteiger partial charge >= 0.3 is 5.97 Å². The van der Waals surface area contributed by atoms with Crippen molar-refractivity contribution in [3.05, 3.63) is 21.2 Å². The second-order valence-electron chi connectivity index (χ2n) is 4.23. The molecule has 20 heavy (non-hydrogen) atoms. The van der Waals surface area contributed by atoms with E-state index in [1.54, 1.807) is 6.92 Å². The van der Waals surface area contributed by atoms with Crippen molar-refractivity contribution < 1.29 is 14.3 Å². The summed E-state index contributed by atoms with van der Waals surface area (Å²) in [5, 5.41) is 0.0273. The number of H-pyrrole nitrogens is 1. The number of ether oxygens (including phenoxy) is 2. The molecule has 0 radical (unpaired) electrons. The van der Waals surface area contributed by atoms with Crippen LogP contribution in [0.2, 0.25) is 5.02 Å². The van der Waals surface area contributed by atoms with Crippen molar-refractivity contribution in [3.63, 3.8) is 0 Å². The Morgan fingerprint density at radius 3 is 2.85 bits per heavy atom. The largest absolute Gasteiger partial charge is 0.466 e. The molecule has 0 unspecified atom stereocenters. The van der Waals surface area contributed by atoms with E-state index in [-0.39, 0.29) is 23.9 Å². The van der Waals surface area contributed by atoms with E-state index in [1.807, 2.05) is 4.90 Å². The number of halogens is 1. The number of carbonyl (C=O) groups is 1. The van der Waals surface area contributed by atoms with Crippen LogP contribution in [-0.2, 0) is 20.7 Å². The van der Waals surface area contributed by atoms with Gasteiger partial charge in [-0.3, -0.25) is 9.59 Å². The highest BCUT2D eigenvalue weighted by Crippen LogP contribution is 2.20. The number of hydrogen-bond donors (Lipinski definition) is 1. The van der Waals surface area contributed by atoms with Gasteiger partial charge in [0.2, 0.25) is 0 Å². The number of hydrogen-bond acceptors (Lipinski definition) is 6. The quantitative estimate of drug-likeness (QED) is 0.809. The third-order valence-corrected chi connectivity index (χ3v) is 3.16. The fourth-order valence-corrected chi connectivity index (χ4v) is 2.12. The first-order chi connectivity index (χ1) is 9.61. The Morgan fingerprint density at radius 2 is 2.20 bits per heavy atom. The first-order valence-corrected chi connectivity index (χ1v) is 6.76.